The van der Waals surface area contributed by atoms with Gasteiger partial charge in [0.1, 0.15) is 6.61 Å². The van der Waals surface area contributed by atoms with Crippen molar-refractivity contribution < 1.29 is 29.3 Å². The fourth-order valence-corrected chi connectivity index (χ4v) is 6.59. The minimum atomic E-state index is -1.63. The maximum absolute atomic E-state index is 12.5. The molecular weight excluding hydrogens is 466 g/mol. The van der Waals surface area contributed by atoms with Gasteiger partial charge in [0, 0.05) is 16.5 Å². The number of hydrogen-bond donors (Lipinski definition) is 3. The van der Waals surface area contributed by atoms with E-state index in [1.54, 1.807) is 18.2 Å². The summed E-state index contributed by atoms with van der Waals surface area (Å²) in [6, 6.07) is 14.7. The summed E-state index contributed by atoms with van der Waals surface area (Å²) in [6.07, 6.45) is -0.583. The molecule has 2 heterocycles. The normalized spacial score (nSPS) is 19.5. The molecule has 0 radical (unpaired) electrons. The zero-order chi connectivity index (χ0) is 23.6. The van der Waals surface area contributed by atoms with Gasteiger partial charge in [-0.3, -0.25) is 14.4 Å². The zero-order valence-electron chi connectivity index (χ0n) is 17.6. The number of aromatic amines is 1. The summed E-state index contributed by atoms with van der Waals surface area (Å²) >= 11 is 2.06. The maximum atomic E-state index is 12.5. The van der Waals surface area contributed by atoms with Crippen LogP contribution in [-0.2, 0) is 16.2 Å². The number of nitrogens with one attached hydrogen (secondary N) is 1. The van der Waals surface area contributed by atoms with E-state index in [1.807, 2.05) is 30.3 Å². The molecule has 2 aromatic carbocycles. The number of thiazole rings is 1. The van der Waals surface area contributed by atoms with E-state index in [9.17, 15) is 24.6 Å². The number of ether oxygens (including phenoxy) is 2. The van der Waals surface area contributed by atoms with E-state index in [1.165, 1.54) is 7.11 Å². The first-order chi connectivity index (χ1) is 15.8. The van der Waals surface area contributed by atoms with Crippen molar-refractivity contribution in [3.63, 3.8) is 0 Å². The molecule has 3 N–H and O–H groups in total. The van der Waals surface area contributed by atoms with Crippen LogP contribution in [0, 0.1) is 5.41 Å². The molecule has 0 aliphatic carbocycles. The lowest BCUT2D eigenvalue weighted by atomic mass is 9.70. The average molecular weight is 488 g/mol. The first-order valence-corrected chi connectivity index (χ1v) is 11.8. The monoisotopic (exact) mass is 487 g/mol. The highest BCUT2D eigenvalue weighted by molar-refractivity contribution is 7.99. The molecule has 0 saturated heterocycles. The van der Waals surface area contributed by atoms with Crippen molar-refractivity contribution in [3.05, 3.63) is 74.2 Å². The van der Waals surface area contributed by atoms with Crippen LogP contribution in [-0.4, -0.2) is 40.0 Å². The number of hydrogen-bond acceptors (Lipinski definition) is 7. The van der Waals surface area contributed by atoms with Gasteiger partial charge >= 0.3 is 16.8 Å². The van der Waals surface area contributed by atoms with Gasteiger partial charge in [-0.1, -0.05) is 47.7 Å². The molecule has 0 amide bonds. The van der Waals surface area contributed by atoms with Gasteiger partial charge in [0.15, 0.2) is 11.5 Å². The molecule has 0 unspecified atom stereocenters. The Morgan fingerprint density at radius 3 is 2.58 bits per heavy atom. The van der Waals surface area contributed by atoms with Gasteiger partial charge < -0.3 is 24.7 Å². The zero-order valence-corrected chi connectivity index (χ0v) is 19.2. The minimum absolute atomic E-state index is 0.00749. The summed E-state index contributed by atoms with van der Waals surface area (Å²) in [6.45, 7) is 0.318. The Balaban J connectivity index is 1.77. The Hall–Kier alpha value is -3.24. The molecule has 2 atom stereocenters. The number of methoxy groups -OCH3 is 1. The van der Waals surface area contributed by atoms with Crippen LogP contribution in [0.15, 0.2) is 58.4 Å². The lowest BCUT2D eigenvalue weighted by Crippen LogP contribution is -2.44. The number of aliphatic carboxylic acids is 2. The number of aromatic nitrogens is 1. The summed E-state index contributed by atoms with van der Waals surface area (Å²) in [5.41, 5.74) is -0.119. The van der Waals surface area contributed by atoms with Crippen LogP contribution in [0.4, 0.5) is 0 Å². The van der Waals surface area contributed by atoms with E-state index in [-0.39, 0.29) is 10.6 Å². The van der Waals surface area contributed by atoms with E-state index >= 15 is 0 Å². The molecule has 8 nitrogen and oxygen atoms in total. The Morgan fingerprint density at radius 2 is 1.91 bits per heavy atom. The fourth-order valence-electron chi connectivity index (χ4n) is 4.03. The molecule has 0 spiro atoms. The quantitative estimate of drug-likeness (QED) is 0.438. The number of carboxylic acids is 2. The van der Waals surface area contributed by atoms with Crippen molar-refractivity contribution in [1.82, 2.24) is 4.98 Å². The molecule has 3 aromatic rings. The summed E-state index contributed by atoms with van der Waals surface area (Å²) in [4.78, 5) is 39.2. The highest BCUT2D eigenvalue weighted by atomic mass is 32.2. The van der Waals surface area contributed by atoms with E-state index in [0.29, 0.717) is 33.6 Å². The Labute approximate surface area is 197 Å². The molecule has 0 saturated carbocycles. The molecule has 0 fully saturated rings. The molecule has 33 heavy (non-hydrogen) atoms. The van der Waals surface area contributed by atoms with Crippen LogP contribution in [0.5, 0.6) is 11.5 Å². The van der Waals surface area contributed by atoms with Gasteiger partial charge in [-0.25, -0.2) is 0 Å². The van der Waals surface area contributed by atoms with Crippen LogP contribution < -0.4 is 14.3 Å². The summed E-state index contributed by atoms with van der Waals surface area (Å²) < 4.78 is 11.4. The van der Waals surface area contributed by atoms with Crippen LogP contribution in [0.1, 0.15) is 28.3 Å². The second-order valence-electron chi connectivity index (χ2n) is 7.65. The lowest BCUT2D eigenvalue weighted by Gasteiger charge is -2.39. The Morgan fingerprint density at radius 1 is 1.15 bits per heavy atom. The highest BCUT2D eigenvalue weighted by Crippen LogP contribution is 2.54. The first-order valence-electron chi connectivity index (χ1n) is 9.99. The van der Waals surface area contributed by atoms with E-state index in [4.69, 9.17) is 9.47 Å². The second kappa shape index (κ2) is 9.32. The highest BCUT2D eigenvalue weighted by Gasteiger charge is 2.53. The number of benzene rings is 2. The van der Waals surface area contributed by atoms with Crippen LogP contribution in [0.2, 0.25) is 0 Å². The number of carbonyl (C=O) groups is 2. The third-order valence-corrected chi connectivity index (χ3v) is 7.93. The number of thioether (sulfide) groups is 1. The lowest BCUT2D eigenvalue weighted by molar-refractivity contribution is -0.155. The third kappa shape index (κ3) is 4.49. The molecule has 172 valence electrons. The van der Waals surface area contributed by atoms with Gasteiger partial charge in [0.2, 0.25) is 0 Å². The Kier molecular flexibility index (Phi) is 6.48. The SMILES string of the molecule is COc1cc([C@H]2c3sc(=O)[nH]c3SC[C@]2(CC(=O)O)C(=O)O)ccc1OCc1ccccc1. The van der Waals surface area contributed by atoms with Crippen LogP contribution >= 0.6 is 23.1 Å². The predicted octanol–water partition coefficient (Wildman–Crippen LogP) is 3.81. The van der Waals surface area contributed by atoms with Crippen molar-refractivity contribution in [2.75, 3.05) is 12.9 Å². The summed E-state index contributed by atoms with van der Waals surface area (Å²) in [5.74, 6) is -2.42. The topological polar surface area (TPSA) is 126 Å². The molecule has 1 aliphatic heterocycles. The Bertz CT molecular complexity index is 1240. The number of fused-ring (bicyclic) bond motifs is 1. The van der Waals surface area contributed by atoms with Crippen molar-refractivity contribution >= 4 is 35.0 Å². The predicted molar refractivity (Wildman–Crippen MR) is 124 cm³/mol. The smallest absolute Gasteiger partial charge is 0.312 e. The van der Waals surface area contributed by atoms with E-state index < -0.39 is 29.7 Å². The fraction of sp³-hybridized carbons (Fsp3) is 0.261. The van der Waals surface area contributed by atoms with Gasteiger partial charge in [-0.15, -0.1) is 11.8 Å². The molecule has 0 bridgehead atoms. The summed E-state index contributed by atoms with van der Waals surface area (Å²) in [5, 5.41) is 20.3. The van der Waals surface area contributed by atoms with Crippen molar-refractivity contribution in [2.45, 2.75) is 24.0 Å². The standard InChI is InChI=1S/C23H21NO7S2/c1-30-16-9-14(7-8-15(16)31-11-13-5-3-2-4-6-13)18-19-20(24-22(29)33-19)32-12-23(18,21(27)28)10-17(25)26/h2-9,18H,10-12H2,1H3,(H,24,29)(H,25,26)(H,27,28)/t18-,23-/m0/s1. The maximum Gasteiger partial charge on any atom is 0.312 e. The number of H-pyrrole nitrogens is 1. The van der Waals surface area contributed by atoms with Gasteiger partial charge in [0.05, 0.1) is 24.0 Å². The van der Waals surface area contributed by atoms with Crippen LogP contribution in [0.3, 0.4) is 0 Å². The molecule has 1 aromatic heterocycles. The summed E-state index contributed by atoms with van der Waals surface area (Å²) in [7, 11) is 1.48. The van der Waals surface area contributed by atoms with Crippen LogP contribution in [0.25, 0.3) is 0 Å². The van der Waals surface area contributed by atoms with Crippen molar-refractivity contribution in [1.29, 1.82) is 0 Å². The van der Waals surface area contributed by atoms with Gasteiger partial charge in [-0.2, -0.15) is 0 Å². The van der Waals surface area contributed by atoms with E-state index in [2.05, 4.69) is 4.98 Å². The second-order valence-corrected chi connectivity index (χ2v) is 9.65. The molecule has 10 heteroatoms. The first kappa shape index (κ1) is 22.9. The van der Waals surface area contributed by atoms with E-state index in [0.717, 1.165) is 28.7 Å². The third-order valence-electron chi connectivity index (χ3n) is 5.58. The van der Waals surface area contributed by atoms with Gasteiger partial charge in [0.25, 0.3) is 0 Å². The largest absolute Gasteiger partial charge is 0.493 e. The number of carboxylic acid groups (broad SMARTS) is 2. The average Bonchev–Trinajstić information content (AvgIpc) is 3.17. The molecule has 4 rings (SSSR count). The molecule has 1 aliphatic rings. The van der Waals surface area contributed by atoms with Crippen molar-refractivity contribution in [2.24, 2.45) is 5.41 Å². The minimum Gasteiger partial charge on any atom is -0.493 e. The molecular formula is C23H21NO7S2. The van der Waals surface area contributed by atoms with Gasteiger partial charge in [-0.05, 0) is 23.3 Å². The number of rotatable bonds is 8. The van der Waals surface area contributed by atoms with Crippen molar-refractivity contribution in [3.8, 4) is 11.5 Å².